The number of nitrogens with two attached hydrogens (primary N) is 1. The van der Waals surface area contributed by atoms with E-state index >= 15 is 0 Å². The Labute approximate surface area is 124 Å². The fourth-order valence-corrected chi connectivity index (χ4v) is 2.80. The third-order valence-corrected chi connectivity index (χ3v) is 3.94. The number of nitrogen functional groups attached to an aromatic ring is 1. The highest BCUT2D eigenvalue weighted by Gasteiger charge is 2.53. The van der Waals surface area contributed by atoms with E-state index in [1.807, 2.05) is 0 Å². The Bertz CT molecular complexity index is 689. The van der Waals surface area contributed by atoms with Crippen molar-refractivity contribution in [3.8, 4) is 0 Å². The van der Waals surface area contributed by atoms with Gasteiger partial charge in [0.15, 0.2) is 12.0 Å². The van der Waals surface area contributed by atoms with Gasteiger partial charge in [0, 0.05) is 6.07 Å². The molecule has 0 bridgehead atoms. The molecule has 4 atom stereocenters. The number of hydrogen-bond donors (Lipinski definition) is 4. The summed E-state index contributed by atoms with van der Waals surface area (Å²) in [7, 11) is 0. The second-order valence-electron chi connectivity index (χ2n) is 5.23. The Morgan fingerprint density at radius 3 is 2.90 bits per heavy atom. The zero-order chi connectivity index (χ0) is 15.4. The fourth-order valence-electron chi connectivity index (χ4n) is 2.60. The smallest absolute Gasteiger partial charge is 0.167 e. The maximum Gasteiger partial charge on any atom is 0.167 e. The molecule has 0 unspecified atom stereocenters. The van der Waals surface area contributed by atoms with Crippen LogP contribution in [0.5, 0.6) is 0 Å². The summed E-state index contributed by atoms with van der Waals surface area (Å²) in [4.78, 5) is 8.03. The molecule has 2 aromatic rings. The molecule has 1 aliphatic heterocycles. The van der Waals surface area contributed by atoms with Gasteiger partial charge in [0.1, 0.15) is 28.5 Å². The summed E-state index contributed by atoms with van der Waals surface area (Å²) >= 11 is 5.89. The zero-order valence-corrected chi connectivity index (χ0v) is 11.9. The van der Waals surface area contributed by atoms with Crippen LogP contribution in [0.15, 0.2) is 12.4 Å². The van der Waals surface area contributed by atoms with Crippen LogP contribution in [-0.2, 0) is 4.74 Å². The molecular formula is C12H15ClN4O4. The normalized spacial score (nSPS) is 32.9. The molecule has 5 N–H and O–H groups in total. The van der Waals surface area contributed by atoms with E-state index in [9.17, 15) is 15.3 Å². The molecule has 0 aromatic carbocycles. The lowest BCUT2D eigenvalue weighted by atomic mass is 9.96. The average molecular weight is 315 g/mol. The van der Waals surface area contributed by atoms with Gasteiger partial charge < -0.3 is 30.4 Å². The lowest BCUT2D eigenvalue weighted by Gasteiger charge is -2.27. The van der Waals surface area contributed by atoms with Gasteiger partial charge in [-0.3, -0.25) is 0 Å². The van der Waals surface area contributed by atoms with Crippen LogP contribution in [0.3, 0.4) is 0 Å². The van der Waals surface area contributed by atoms with Crippen molar-refractivity contribution in [2.45, 2.75) is 31.0 Å². The number of aliphatic hydroxyl groups is 3. The van der Waals surface area contributed by atoms with Crippen molar-refractivity contribution in [1.82, 2.24) is 14.5 Å². The minimum Gasteiger partial charge on any atom is -0.394 e. The van der Waals surface area contributed by atoms with Crippen molar-refractivity contribution in [2.75, 3.05) is 12.3 Å². The minimum atomic E-state index is -1.61. The first-order valence-electron chi connectivity index (χ1n) is 6.31. The molecule has 0 radical (unpaired) electrons. The van der Waals surface area contributed by atoms with Crippen LogP contribution >= 0.6 is 11.6 Å². The van der Waals surface area contributed by atoms with Crippen molar-refractivity contribution in [1.29, 1.82) is 0 Å². The second kappa shape index (κ2) is 4.79. The quantitative estimate of drug-likeness (QED) is 0.559. The summed E-state index contributed by atoms with van der Waals surface area (Å²) in [5.41, 5.74) is 5.08. The van der Waals surface area contributed by atoms with Gasteiger partial charge in [-0.15, -0.1) is 0 Å². The maximum absolute atomic E-state index is 10.5. The van der Waals surface area contributed by atoms with E-state index in [-0.39, 0.29) is 11.0 Å². The van der Waals surface area contributed by atoms with Crippen molar-refractivity contribution in [3.63, 3.8) is 0 Å². The van der Waals surface area contributed by atoms with Crippen LogP contribution in [0, 0.1) is 0 Å². The summed E-state index contributed by atoms with van der Waals surface area (Å²) < 4.78 is 7.05. The molecule has 9 heteroatoms. The van der Waals surface area contributed by atoms with Gasteiger partial charge in [0.05, 0.1) is 18.5 Å². The molecule has 114 valence electrons. The molecular weight excluding hydrogens is 300 g/mol. The molecule has 8 nitrogen and oxygen atoms in total. The number of nitrogens with zero attached hydrogens (tertiary/aromatic N) is 3. The first kappa shape index (κ1) is 14.5. The third-order valence-electron chi connectivity index (χ3n) is 3.74. The number of hydrogen-bond acceptors (Lipinski definition) is 7. The summed E-state index contributed by atoms with van der Waals surface area (Å²) in [6.07, 6.45) is -1.64. The van der Waals surface area contributed by atoms with Crippen molar-refractivity contribution < 1.29 is 20.1 Å². The van der Waals surface area contributed by atoms with Crippen LogP contribution in [0.25, 0.3) is 11.0 Å². The van der Waals surface area contributed by atoms with E-state index in [1.165, 1.54) is 17.8 Å². The number of halogens is 1. The monoisotopic (exact) mass is 314 g/mol. The molecule has 21 heavy (non-hydrogen) atoms. The average Bonchev–Trinajstić information content (AvgIpc) is 2.91. The molecule has 3 rings (SSSR count). The highest BCUT2D eigenvalue weighted by Crippen LogP contribution is 2.40. The van der Waals surface area contributed by atoms with Crippen molar-refractivity contribution >= 4 is 28.5 Å². The van der Waals surface area contributed by atoms with Gasteiger partial charge in [-0.2, -0.15) is 0 Å². The van der Waals surface area contributed by atoms with Crippen LogP contribution in [-0.4, -0.2) is 54.3 Å². The van der Waals surface area contributed by atoms with E-state index in [0.29, 0.717) is 11.0 Å². The molecule has 0 saturated carbocycles. The number of pyridine rings is 1. The van der Waals surface area contributed by atoms with E-state index in [0.717, 1.165) is 0 Å². The van der Waals surface area contributed by atoms with Crippen LogP contribution in [0.2, 0.25) is 5.15 Å². The molecule has 0 aliphatic carbocycles. The minimum absolute atomic E-state index is 0.160. The fraction of sp³-hybridized carbons (Fsp3) is 0.500. The van der Waals surface area contributed by atoms with Crippen molar-refractivity contribution in [2.24, 2.45) is 0 Å². The van der Waals surface area contributed by atoms with Gasteiger partial charge in [0.2, 0.25) is 0 Å². The SMILES string of the molecule is C[C@@]1(O)[C@H](O)[C@@H](CO)O[C@H]1n1cnc2c(N)nc(Cl)cc21. The van der Waals surface area contributed by atoms with E-state index in [2.05, 4.69) is 9.97 Å². The summed E-state index contributed by atoms with van der Waals surface area (Å²) in [5, 5.41) is 29.9. The zero-order valence-electron chi connectivity index (χ0n) is 11.1. The van der Waals surface area contributed by atoms with E-state index in [1.54, 1.807) is 6.07 Å². The highest BCUT2D eigenvalue weighted by atomic mass is 35.5. The number of imidazole rings is 1. The van der Waals surface area contributed by atoms with Gasteiger partial charge in [-0.05, 0) is 6.92 Å². The Balaban J connectivity index is 2.13. The third kappa shape index (κ3) is 2.07. The number of ether oxygens (including phenoxy) is 1. The number of aliphatic hydroxyl groups excluding tert-OH is 2. The van der Waals surface area contributed by atoms with Gasteiger partial charge in [-0.25, -0.2) is 9.97 Å². The number of aromatic nitrogens is 3. The van der Waals surface area contributed by atoms with Crippen molar-refractivity contribution in [3.05, 3.63) is 17.5 Å². The van der Waals surface area contributed by atoms with Crippen LogP contribution < -0.4 is 5.73 Å². The second-order valence-corrected chi connectivity index (χ2v) is 5.62. The Morgan fingerprint density at radius 2 is 2.29 bits per heavy atom. The van der Waals surface area contributed by atoms with Crippen LogP contribution in [0.4, 0.5) is 5.82 Å². The molecule has 1 fully saturated rings. The van der Waals surface area contributed by atoms with E-state index < -0.39 is 30.6 Å². The predicted octanol–water partition coefficient (Wildman–Crippen LogP) is -0.332. The Hall–Kier alpha value is -1.45. The van der Waals surface area contributed by atoms with Gasteiger partial charge in [0.25, 0.3) is 0 Å². The predicted molar refractivity (Wildman–Crippen MR) is 74.6 cm³/mol. The molecule has 0 spiro atoms. The molecule has 2 aromatic heterocycles. The Morgan fingerprint density at radius 1 is 1.57 bits per heavy atom. The highest BCUT2D eigenvalue weighted by molar-refractivity contribution is 6.30. The number of anilines is 1. The van der Waals surface area contributed by atoms with Crippen LogP contribution in [0.1, 0.15) is 13.2 Å². The molecule has 0 amide bonds. The molecule has 3 heterocycles. The summed E-state index contributed by atoms with van der Waals surface area (Å²) in [6.45, 7) is 1.01. The largest absolute Gasteiger partial charge is 0.394 e. The number of rotatable bonds is 2. The lowest BCUT2D eigenvalue weighted by molar-refractivity contribution is -0.0948. The first-order valence-corrected chi connectivity index (χ1v) is 6.69. The molecule has 1 aliphatic rings. The number of fused-ring (bicyclic) bond motifs is 1. The standard InChI is InChI=1S/C12H15ClN4O4/c1-12(20)9(19)6(3-18)21-11(12)17-4-15-8-5(17)2-7(13)16-10(8)14/h2,4,6,9,11,18-20H,3H2,1H3,(H2,14,16)/t6-,9-,11-,12-/m1/s1. The topological polar surface area (TPSA) is 127 Å². The van der Waals surface area contributed by atoms with E-state index in [4.69, 9.17) is 22.1 Å². The van der Waals surface area contributed by atoms with Gasteiger partial charge >= 0.3 is 0 Å². The summed E-state index contributed by atoms with van der Waals surface area (Å²) in [6, 6.07) is 1.54. The molecule has 1 saturated heterocycles. The summed E-state index contributed by atoms with van der Waals surface area (Å²) in [5.74, 6) is 0.160. The first-order chi connectivity index (χ1) is 9.86. The maximum atomic E-state index is 10.5. The lowest BCUT2D eigenvalue weighted by Crippen LogP contribution is -2.44. The van der Waals surface area contributed by atoms with Gasteiger partial charge in [-0.1, -0.05) is 11.6 Å². The Kier molecular flexibility index (Phi) is 3.30.